The maximum atomic E-state index is 5.37. The van der Waals surface area contributed by atoms with E-state index in [2.05, 4.69) is 20.6 Å². The molecule has 6 nitrogen and oxygen atoms in total. The summed E-state index contributed by atoms with van der Waals surface area (Å²) in [6.07, 6.45) is 2.05. The number of amidine groups is 2. The van der Waals surface area contributed by atoms with Gasteiger partial charge in [0.1, 0.15) is 0 Å². The predicted octanol–water partition coefficient (Wildman–Crippen LogP) is 0.451. The molecule has 0 aromatic heterocycles. The molecule has 2 rings (SSSR count). The fourth-order valence-corrected chi connectivity index (χ4v) is 2.39. The van der Waals surface area contributed by atoms with Gasteiger partial charge in [-0.15, -0.1) is 0 Å². The Morgan fingerprint density at radius 3 is 1.84 bits per heavy atom. The van der Waals surface area contributed by atoms with Crippen LogP contribution in [0.3, 0.4) is 0 Å². The molecule has 2 heterocycles. The number of nitrogens with one attached hydrogen (secondary N) is 2. The van der Waals surface area contributed by atoms with E-state index in [1.54, 1.807) is 0 Å². The van der Waals surface area contributed by atoms with Gasteiger partial charge in [-0.25, -0.2) is 9.98 Å². The van der Waals surface area contributed by atoms with E-state index in [0.29, 0.717) is 12.0 Å². The second-order valence-electron chi connectivity index (χ2n) is 4.24. The second-order valence-corrected chi connectivity index (χ2v) is 5.47. The molecule has 19 heavy (non-hydrogen) atoms. The predicted molar refractivity (Wildman–Crippen MR) is 79.1 cm³/mol. The molecule has 0 saturated heterocycles. The van der Waals surface area contributed by atoms with Crippen LogP contribution in [-0.4, -0.2) is 62.9 Å². The summed E-state index contributed by atoms with van der Waals surface area (Å²) in [4.78, 5) is 8.51. The lowest BCUT2D eigenvalue weighted by Gasteiger charge is -2.15. The average molecular weight is 286 g/mol. The van der Waals surface area contributed by atoms with Crippen LogP contribution in [0.4, 0.5) is 0 Å². The minimum absolute atomic E-state index is 0.704. The summed E-state index contributed by atoms with van der Waals surface area (Å²) in [5.41, 5.74) is 0. The molecule has 2 aliphatic heterocycles. The lowest BCUT2D eigenvalue weighted by molar-refractivity contribution is 0.268. The molecule has 0 fully saturated rings. The van der Waals surface area contributed by atoms with Crippen LogP contribution >= 0.6 is 11.8 Å². The molecular formula is C12H22N4O2S. The van der Waals surface area contributed by atoms with Gasteiger partial charge < -0.3 is 20.1 Å². The number of hydrogen-bond donors (Lipinski definition) is 2. The largest absolute Gasteiger partial charge is 0.465 e. The van der Waals surface area contributed by atoms with E-state index in [0.717, 1.165) is 63.7 Å². The Labute approximate surface area is 118 Å². The number of nitrogens with zero attached hydrogens (tertiary/aromatic N) is 2. The SMILES string of the molecule is C1CN=C(NCCSCCNC2=NCCCO2)OC1. The fraction of sp³-hybridized carbons (Fsp3) is 0.833. The minimum atomic E-state index is 0.704. The Bertz CT molecular complexity index is 293. The van der Waals surface area contributed by atoms with Gasteiger partial charge in [-0.1, -0.05) is 0 Å². The van der Waals surface area contributed by atoms with Gasteiger partial charge in [0.15, 0.2) is 0 Å². The van der Waals surface area contributed by atoms with Crippen LogP contribution in [0.1, 0.15) is 12.8 Å². The molecule has 2 N–H and O–H groups in total. The summed E-state index contributed by atoms with van der Waals surface area (Å²) in [6, 6.07) is 1.41. The molecule has 0 saturated carbocycles. The standard InChI is InChI=1S/C12H22N4O2S/c1-3-13-11(17-7-1)15-5-9-19-10-6-16-12-14-4-2-8-18-12/h1-10H2,(H,13,15)(H,14,16). The molecule has 108 valence electrons. The molecule has 0 amide bonds. The van der Waals surface area contributed by atoms with Crippen LogP contribution in [0, 0.1) is 0 Å². The van der Waals surface area contributed by atoms with Gasteiger partial charge in [-0.2, -0.15) is 11.8 Å². The monoisotopic (exact) mass is 286 g/mol. The van der Waals surface area contributed by atoms with Crippen molar-refractivity contribution in [2.24, 2.45) is 9.98 Å². The highest BCUT2D eigenvalue weighted by atomic mass is 32.2. The Hall–Kier alpha value is -1.11. The van der Waals surface area contributed by atoms with Crippen molar-refractivity contribution in [3.8, 4) is 0 Å². The van der Waals surface area contributed by atoms with Crippen molar-refractivity contribution in [1.82, 2.24) is 10.6 Å². The van der Waals surface area contributed by atoms with Crippen molar-refractivity contribution in [3.63, 3.8) is 0 Å². The third kappa shape index (κ3) is 6.04. The topological polar surface area (TPSA) is 67.2 Å². The van der Waals surface area contributed by atoms with E-state index in [4.69, 9.17) is 9.47 Å². The summed E-state index contributed by atoms with van der Waals surface area (Å²) < 4.78 is 10.7. The van der Waals surface area contributed by atoms with Crippen molar-refractivity contribution >= 4 is 23.8 Å². The zero-order valence-electron chi connectivity index (χ0n) is 11.2. The molecule has 0 bridgehead atoms. The molecule has 0 aliphatic carbocycles. The highest BCUT2D eigenvalue weighted by molar-refractivity contribution is 7.99. The van der Waals surface area contributed by atoms with Crippen LogP contribution in [0.15, 0.2) is 9.98 Å². The summed E-state index contributed by atoms with van der Waals surface area (Å²) >= 11 is 1.88. The van der Waals surface area contributed by atoms with E-state index in [9.17, 15) is 0 Å². The second kappa shape index (κ2) is 8.90. The summed E-state index contributed by atoms with van der Waals surface area (Å²) in [5.74, 6) is 2.08. The molecule has 7 heteroatoms. The first-order chi connectivity index (χ1) is 9.45. The van der Waals surface area contributed by atoms with Crippen LogP contribution < -0.4 is 10.6 Å². The first-order valence-corrected chi connectivity index (χ1v) is 8.00. The number of hydrogen-bond acceptors (Lipinski definition) is 7. The molecule has 0 atom stereocenters. The van der Waals surface area contributed by atoms with Gasteiger partial charge in [0.25, 0.3) is 12.0 Å². The van der Waals surface area contributed by atoms with Gasteiger partial charge in [-0.3, -0.25) is 0 Å². The first-order valence-electron chi connectivity index (χ1n) is 6.85. The molecule has 2 aliphatic rings. The maximum absolute atomic E-state index is 5.37. The van der Waals surface area contributed by atoms with Crippen molar-refractivity contribution in [2.75, 3.05) is 50.9 Å². The smallest absolute Gasteiger partial charge is 0.284 e. The first kappa shape index (κ1) is 14.3. The Morgan fingerprint density at radius 1 is 0.895 bits per heavy atom. The minimum Gasteiger partial charge on any atom is -0.465 e. The highest BCUT2D eigenvalue weighted by Crippen LogP contribution is 1.99. The van der Waals surface area contributed by atoms with Crippen LogP contribution in [0.25, 0.3) is 0 Å². The lowest BCUT2D eigenvalue weighted by atomic mass is 10.4. The number of aliphatic imine (C=N–C) groups is 2. The van der Waals surface area contributed by atoms with Gasteiger partial charge in [0, 0.05) is 50.5 Å². The number of thioether (sulfide) groups is 1. The number of rotatable bonds is 6. The van der Waals surface area contributed by atoms with Crippen molar-refractivity contribution in [3.05, 3.63) is 0 Å². The molecule has 0 aromatic carbocycles. The van der Waals surface area contributed by atoms with E-state index < -0.39 is 0 Å². The fourth-order valence-electron chi connectivity index (χ4n) is 1.70. The normalized spacial score (nSPS) is 18.7. The van der Waals surface area contributed by atoms with Crippen molar-refractivity contribution < 1.29 is 9.47 Å². The zero-order valence-corrected chi connectivity index (χ0v) is 12.0. The lowest BCUT2D eigenvalue weighted by Crippen LogP contribution is -2.32. The van der Waals surface area contributed by atoms with Gasteiger partial charge in [0.2, 0.25) is 0 Å². The van der Waals surface area contributed by atoms with Crippen molar-refractivity contribution in [1.29, 1.82) is 0 Å². The van der Waals surface area contributed by atoms with E-state index >= 15 is 0 Å². The Morgan fingerprint density at radius 2 is 1.42 bits per heavy atom. The Balaban J connectivity index is 1.41. The maximum Gasteiger partial charge on any atom is 0.284 e. The van der Waals surface area contributed by atoms with Crippen LogP contribution in [0.2, 0.25) is 0 Å². The van der Waals surface area contributed by atoms with Gasteiger partial charge >= 0.3 is 0 Å². The van der Waals surface area contributed by atoms with Gasteiger partial charge in [0.05, 0.1) is 13.2 Å². The molecule has 0 radical (unpaired) electrons. The molecule has 0 unspecified atom stereocenters. The van der Waals surface area contributed by atoms with Crippen LogP contribution in [-0.2, 0) is 9.47 Å². The zero-order chi connectivity index (χ0) is 13.2. The van der Waals surface area contributed by atoms with E-state index in [-0.39, 0.29) is 0 Å². The quantitative estimate of drug-likeness (QED) is 0.694. The van der Waals surface area contributed by atoms with Crippen LogP contribution in [0.5, 0.6) is 0 Å². The Kier molecular flexibility index (Phi) is 6.70. The molecular weight excluding hydrogens is 264 g/mol. The molecule has 0 aromatic rings. The summed E-state index contributed by atoms with van der Waals surface area (Å²) in [7, 11) is 0. The number of ether oxygens (including phenoxy) is 2. The highest BCUT2D eigenvalue weighted by Gasteiger charge is 2.05. The van der Waals surface area contributed by atoms with E-state index in [1.807, 2.05) is 11.8 Å². The third-order valence-electron chi connectivity index (χ3n) is 2.64. The van der Waals surface area contributed by atoms with Crippen molar-refractivity contribution in [2.45, 2.75) is 12.8 Å². The van der Waals surface area contributed by atoms with E-state index in [1.165, 1.54) is 0 Å². The summed E-state index contributed by atoms with van der Waals surface area (Å²) in [5, 5.41) is 6.40. The van der Waals surface area contributed by atoms with Gasteiger partial charge in [-0.05, 0) is 0 Å². The average Bonchev–Trinajstić information content (AvgIpc) is 2.48. The third-order valence-corrected chi connectivity index (χ3v) is 3.62. The summed E-state index contributed by atoms with van der Waals surface area (Å²) in [6.45, 7) is 5.10. The molecule has 0 spiro atoms.